The average Bonchev–Trinajstić information content (AvgIpc) is 3.24. The van der Waals surface area contributed by atoms with E-state index in [1.54, 1.807) is 4.68 Å². The highest BCUT2D eigenvalue weighted by molar-refractivity contribution is 6.03. The third-order valence-corrected chi connectivity index (χ3v) is 5.32. The fourth-order valence-electron chi connectivity index (χ4n) is 3.63. The molecule has 4 aromatic rings. The molecule has 0 unspecified atom stereocenters. The van der Waals surface area contributed by atoms with Gasteiger partial charge in [0.15, 0.2) is 17.1 Å². The van der Waals surface area contributed by atoms with Gasteiger partial charge in [-0.15, -0.1) is 0 Å². The summed E-state index contributed by atoms with van der Waals surface area (Å²) < 4.78 is 18.4. The van der Waals surface area contributed by atoms with Gasteiger partial charge in [-0.1, -0.05) is 18.2 Å². The maximum Gasteiger partial charge on any atom is 0.336 e. The van der Waals surface area contributed by atoms with E-state index in [1.165, 1.54) is 6.20 Å². The highest BCUT2D eigenvalue weighted by atomic mass is 16.6. The monoisotopic (exact) mass is 470 g/mol. The largest absolute Gasteiger partial charge is 0.492 e. The van der Waals surface area contributed by atoms with Crippen molar-refractivity contribution in [3.63, 3.8) is 0 Å². The molecule has 2 aromatic heterocycles. The molecule has 1 aliphatic rings. The number of carbonyl (C=O) groups excluding carboxylic acids is 2. The molecule has 35 heavy (non-hydrogen) atoms. The summed E-state index contributed by atoms with van der Waals surface area (Å²) in [7, 11) is 3.97. The molecular weight excluding hydrogens is 448 g/mol. The zero-order valence-electron chi connectivity index (χ0n) is 19.2. The summed E-state index contributed by atoms with van der Waals surface area (Å²) in [5, 5.41) is 5.26. The van der Waals surface area contributed by atoms with E-state index in [0.29, 0.717) is 23.3 Å². The molecule has 3 heterocycles. The van der Waals surface area contributed by atoms with Crippen molar-refractivity contribution in [2.75, 3.05) is 27.2 Å². The molecule has 0 N–H and O–H groups in total. The van der Waals surface area contributed by atoms with Gasteiger partial charge in [0, 0.05) is 24.3 Å². The Bertz CT molecular complexity index is 1430. The number of pyridine rings is 1. The minimum Gasteiger partial charge on any atom is -0.492 e. The minimum absolute atomic E-state index is 0.0395. The van der Waals surface area contributed by atoms with Gasteiger partial charge in [0.05, 0.1) is 17.3 Å². The normalized spacial score (nSPS) is 14.1. The number of ether oxygens (including phenoxy) is 3. The summed E-state index contributed by atoms with van der Waals surface area (Å²) >= 11 is 0. The fourth-order valence-corrected chi connectivity index (χ4v) is 3.63. The van der Waals surface area contributed by atoms with Gasteiger partial charge in [0.2, 0.25) is 0 Å². The van der Waals surface area contributed by atoms with Crippen LogP contribution in [0.1, 0.15) is 0 Å². The topological polar surface area (TPSA) is 95.8 Å². The standard InChI is InChI=1S/C26H22N4O5/c1-29(2)14-15-33-19-10-8-17(9-11-19)24-23-25-20(34-21(31)12-13-22(32)35-25)16-27-26(23)30(28-24)18-6-4-3-5-7-18/h3-13,16H,14-15H2,1-2H3/b13-12-. The molecule has 0 bridgehead atoms. The van der Waals surface area contributed by atoms with Gasteiger partial charge in [-0.3, -0.25) is 0 Å². The first-order valence-corrected chi connectivity index (χ1v) is 11.0. The van der Waals surface area contributed by atoms with Crippen LogP contribution in [0.3, 0.4) is 0 Å². The minimum atomic E-state index is -0.696. The summed E-state index contributed by atoms with van der Waals surface area (Å²) in [6, 6.07) is 16.9. The molecule has 0 radical (unpaired) electrons. The van der Waals surface area contributed by atoms with Crippen LogP contribution in [0.25, 0.3) is 28.0 Å². The molecule has 0 spiro atoms. The third kappa shape index (κ3) is 4.62. The summed E-state index contributed by atoms with van der Waals surface area (Å²) in [6.07, 6.45) is 3.39. The zero-order valence-corrected chi connectivity index (χ0v) is 19.2. The first-order chi connectivity index (χ1) is 17.0. The Kier molecular flexibility index (Phi) is 5.99. The van der Waals surface area contributed by atoms with Crippen molar-refractivity contribution in [3.8, 4) is 34.2 Å². The Balaban J connectivity index is 1.65. The molecule has 1 aliphatic heterocycles. The van der Waals surface area contributed by atoms with E-state index in [4.69, 9.17) is 19.3 Å². The SMILES string of the molecule is CN(C)CCOc1ccc(-c2nn(-c3ccccc3)c3ncc4c(c23)OC(=O)/C=C\C(=O)O4)cc1. The zero-order chi connectivity index (χ0) is 24.4. The van der Waals surface area contributed by atoms with Crippen molar-refractivity contribution in [3.05, 3.63) is 72.9 Å². The van der Waals surface area contributed by atoms with Crippen LogP contribution in [0.4, 0.5) is 0 Å². The molecule has 0 aliphatic carbocycles. The van der Waals surface area contributed by atoms with Gasteiger partial charge < -0.3 is 19.1 Å². The quantitative estimate of drug-likeness (QED) is 0.396. The van der Waals surface area contributed by atoms with Gasteiger partial charge >= 0.3 is 11.9 Å². The predicted molar refractivity (Wildman–Crippen MR) is 129 cm³/mol. The fraction of sp³-hybridized carbons (Fsp3) is 0.154. The van der Waals surface area contributed by atoms with E-state index >= 15 is 0 Å². The number of benzene rings is 2. The molecule has 9 heteroatoms. The van der Waals surface area contributed by atoms with Crippen molar-refractivity contribution < 1.29 is 23.8 Å². The first-order valence-electron chi connectivity index (χ1n) is 11.0. The van der Waals surface area contributed by atoms with Crippen molar-refractivity contribution in [2.45, 2.75) is 0 Å². The van der Waals surface area contributed by atoms with E-state index in [9.17, 15) is 9.59 Å². The lowest BCUT2D eigenvalue weighted by atomic mass is 10.1. The first kappa shape index (κ1) is 22.3. The van der Waals surface area contributed by atoms with E-state index < -0.39 is 11.9 Å². The van der Waals surface area contributed by atoms with E-state index in [1.807, 2.05) is 73.6 Å². The van der Waals surface area contributed by atoms with Crippen LogP contribution >= 0.6 is 0 Å². The van der Waals surface area contributed by atoms with Crippen LogP contribution in [-0.2, 0) is 9.59 Å². The van der Waals surface area contributed by atoms with Gasteiger partial charge in [0.1, 0.15) is 18.1 Å². The number of rotatable bonds is 6. The summed E-state index contributed by atoms with van der Waals surface area (Å²) in [6.45, 7) is 1.36. The Morgan fingerprint density at radius 2 is 1.66 bits per heavy atom. The van der Waals surface area contributed by atoms with Gasteiger partial charge in [0.25, 0.3) is 0 Å². The van der Waals surface area contributed by atoms with Gasteiger partial charge in [-0.2, -0.15) is 5.10 Å². The van der Waals surface area contributed by atoms with E-state index in [2.05, 4.69) is 4.98 Å². The number of para-hydroxylation sites is 1. The molecule has 0 saturated carbocycles. The number of carbonyl (C=O) groups is 2. The maximum atomic E-state index is 12.3. The van der Waals surface area contributed by atoms with Gasteiger partial charge in [-0.25, -0.2) is 19.3 Å². The summed E-state index contributed by atoms with van der Waals surface area (Å²) in [5.74, 6) is -0.543. The number of hydrogen-bond donors (Lipinski definition) is 0. The number of hydrogen-bond acceptors (Lipinski definition) is 8. The lowest BCUT2D eigenvalue weighted by Gasteiger charge is -2.13. The molecule has 2 aromatic carbocycles. The molecule has 0 atom stereocenters. The van der Waals surface area contributed by atoms with Crippen molar-refractivity contribution >= 4 is 23.0 Å². The second kappa shape index (κ2) is 9.40. The highest BCUT2D eigenvalue weighted by Crippen LogP contribution is 2.41. The number of aromatic nitrogens is 3. The lowest BCUT2D eigenvalue weighted by molar-refractivity contribution is -0.133. The van der Waals surface area contributed by atoms with Crippen LogP contribution in [0, 0.1) is 0 Å². The van der Waals surface area contributed by atoms with Crippen molar-refractivity contribution in [2.24, 2.45) is 0 Å². The lowest BCUT2D eigenvalue weighted by Crippen LogP contribution is -2.19. The van der Waals surface area contributed by atoms with Crippen LogP contribution in [0.2, 0.25) is 0 Å². The van der Waals surface area contributed by atoms with Crippen LogP contribution in [0.15, 0.2) is 72.9 Å². The smallest absolute Gasteiger partial charge is 0.336 e. The number of likely N-dealkylation sites (N-methyl/N-ethyl adjacent to an activating group) is 1. The number of fused-ring (bicyclic) bond motifs is 3. The molecule has 0 fully saturated rings. The second-order valence-corrected chi connectivity index (χ2v) is 8.10. The van der Waals surface area contributed by atoms with Crippen LogP contribution in [-0.4, -0.2) is 58.8 Å². The Morgan fingerprint density at radius 1 is 0.943 bits per heavy atom. The third-order valence-electron chi connectivity index (χ3n) is 5.32. The predicted octanol–water partition coefficient (Wildman–Crippen LogP) is 3.41. The highest BCUT2D eigenvalue weighted by Gasteiger charge is 2.26. The van der Waals surface area contributed by atoms with E-state index in [0.717, 1.165) is 35.7 Å². The molecule has 0 saturated heterocycles. The molecule has 5 rings (SSSR count). The average molecular weight is 470 g/mol. The van der Waals surface area contributed by atoms with Crippen LogP contribution in [0.5, 0.6) is 17.2 Å². The van der Waals surface area contributed by atoms with E-state index in [-0.39, 0.29) is 11.5 Å². The maximum absolute atomic E-state index is 12.3. The number of nitrogens with zero attached hydrogens (tertiary/aromatic N) is 4. The summed E-state index contributed by atoms with van der Waals surface area (Å²) in [4.78, 5) is 30.9. The Hall–Kier alpha value is -4.50. The Labute approximate surface area is 201 Å². The molecule has 176 valence electrons. The van der Waals surface area contributed by atoms with Gasteiger partial charge in [-0.05, 0) is 50.5 Å². The molecule has 9 nitrogen and oxygen atoms in total. The second-order valence-electron chi connectivity index (χ2n) is 8.10. The molecular formula is C26H22N4O5. The molecule has 0 amide bonds. The van der Waals surface area contributed by atoms with Crippen LogP contribution < -0.4 is 14.2 Å². The van der Waals surface area contributed by atoms with Crippen molar-refractivity contribution in [1.29, 1.82) is 0 Å². The Morgan fingerprint density at radius 3 is 2.37 bits per heavy atom. The van der Waals surface area contributed by atoms with Crippen molar-refractivity contribution in [1.82, 2.24) is 19.7 Å². The summed E-state index contributed by atoms with van der Waals surface area (Å²) in [5.41, 5.74) is 2.49. The number of esters is 2.